The van der Waals surface area contributed by atoms with E-state index >= 15 is 8.78 Å². The minimum atomic E-state index is -0.788. The second-order valence-electron chi connectivity index (χ2n) is 9.28. The molecule has 38 heavy (non-hydrogen) atoms. The Balaban J connectivity index is 1.14. The first kappa shape index (κ1) is 23.0. The van der Waals surface area contributed by atoms with Gasteiger partial charge in [-0.05, 0) is 28.8 Å². The molecule has 2 aliphatic heterocycles. The van der Waals surface area contributed by atoms with E-state index in [1.54, 1.807) is 29.2 Å². The van der Waals surface area contributed by atoms with Gasteiger partial charge in [0.15, 0.2) is 11.9 Å². The molecule has 2 aromatic heterocycles. The van der Waals surface area contributed by atoms with E-state index in [4.69, 9.17) is 14.2 Å². The molecule has 9 nitrogen and oxygen atoms in total. The Hall–Kier alpha value is -4.19. The first-order chi connectivity index (χ1) is 18.5. The molecule has 0 amide bonds. The fourth-order valence-electron chi connectivity index (χ4n) is 5.05. The molecule has 11 heteroatoms. The van der Waals surface area contributed by atoms with Crippen LogP contribution in [-0.4, -0.2) is 67.7 Å². The summed E-state index contributed by atoms with van der Waals surface area (Å²) in [6.07, 6.45) is 1.19. The lowest BCUT2D eigenvalue weighted by molar-refractivity contribution is 0.00706. The van der Waals surface area contributed by atoms with Crippen molar-refractivity contribution in [3.05, 3.63) is 78.6 Å². The number of aliphatic hydroxyl groups is 1. The van der Waals surface area contributed by atoms with Crippen molar-refractivity contribution in [1.82, 2.24) is 25.0 Å². The normalized spacial score (nSPS) is 22.7. The number of aliphatic hydroxyl groups excluding tert-OH is 1. The van der Waals surface area contributed by atoms with Crippen LogP contribution in [-0.2, 0) is 9.47 Å². The van der Waals surface area contributed by atoms with Gasteiger partial charge >= 0.3 is 0 Å². The molecule has 3 aromatic carbocycles. The van der Waals surface area contributed by atoms with Gasteiger partial charge in [-0.1, -0.05) is 41.6 Å². The van der Waals surface area contributed by atoms with E-state index in [0.29, 0.717) is 5.56 Å². The number of hydrogen-bond donors (Lipinski definition) is 2. The van der Waals surface area contributed by atoms with Gasteiger partial charge in [0, 0.05) is 6.07 Å². The summed E-state index contributed by atoms with van der Waals surface area (Å²) in [6, 6.07) is 15.9. The quantitative estimate of drug-likeness (QED) is 0.366. The first-order valence-electron chi connectivity index (χ1n) is 12.1. The highest BCUT2D eigenvalue weighted by atomic mass is 19.1. The summed E-state index contributed by atoms with van der Waals surface area (Å²) < 4.78 is 49.2. The maximum absolute atomic E-state index is 15.5. The summed E-state index contributed by atoms with van der Waals surface area (Å²) >= 11 is 0. The molecule has 0 spiro atoms. The fraction of sp³-hybridized carbons (Fsp3) is 0.222. The molecule has 0 aliphatic carbocycles. The average Bonchev–Trinajstić information content (AvgIpc) is 3.73. The topological polar surface area (TPSA) is 107 Å². The van der Waals surface area contributed by atoms with Crippen LogP contribution in [0.3, 0.4) is 0 Å². The highest BCUT2D eigenvalue weighted by molar-refractivity contribution is 5.84. The summed E-state index contributed by atoms with van der Waals surface area (Å²) in [7, 11) is 0. The van der Waals surface area contributed by atoms with Gasteiger partial charge in [0.25, 0.3) is 6.01 Å². The fourth-order valence-corrected chi connectivity index (χ4v) is 5.05. The number of nitrogens with zero attached hydrogens (tertiary/aromatic N) is 4. The molecule has 2 aliphatic rings. The van der Waals surface area contributed by atoms with Gasteiger partial charge in [-0.3, -0.25) is 0 Å². The number of benzene rings is 3. The molecule has 2 fully saturated rings. The lowest BCUT2D eigenvalue weighted by Crippen LogP contribution is -2.34. The Labute approximate surface area is 214 Å². The number of fused-ring (bicyclic) bond motifs is 2. The van der Waals surface area contributed by atoms with Crippen LogP contribution in [0.5, 0.6) is 6.01 Å². The molecule has 2 N–H and O–H groups in total. The zero-order valence-corrected chi connectivity index (χ0v) is 19.8. The zero-order valence-electron chi connectivity index (χ0n) is 19.8. The number of aromatic amines is 1. The summed E-state index contributed by atoms with van der Waals surface area (Å²) in [5.41, 5.74) is 3.07. The summed E-state index contributed by atoms with van der Waals surface area (Å²) in [5.74, 6) is -1.51. The summed E-state index contributed by atoms with van der Waals surface area (Å²) in [4.78, 5) is 7.05. The molecule has 0 radical (unpaired) electrons. The zero-order chi connectivity index (χ0) is 25.8. The second kappa shape index (κ2) is 8.98. The standard InChI is InChI=1S/C27H21F2N5O4/c28-18-11-19-24(32-27(31-19)38-21-13-37-25-20(35)12-36-26(21)25)23(29)22(18)16-3-1-14(2-4-16)15-5-7-17(8-6-15)34-10-9-30-33-34/h1-11,20-21,25-26,35H,12-13H2,(H,31,32)/t20-,21-,25-,26-/m1/s1. The van der Waals surface area contributed by atoms with Gasteiger partial charge in [0.1, 0.15) is 29.6 Å². The number of nitrogens with one attached hydrogen (secondary N) is 1. The number of halogens is 2. The average molecular weight is 517 g/mol. The molecule has 0 bridgehead atoms. The van der Waals surface area contributed by atoms with Gasteiger partial charge in [0.05, 0.1) is 42.4 Å². The van der Waals surface area contributed by atoms with E-state index < -0.39 is 36.1 Å². The Kier molecular flexibility index (Phi) is 5.43. The predicted octanol–water partition coefficient (Wildman–Crippen LogP) is 3.66. The molecule has 2 saturated heterocycles. The van der Waals surface area contributed by atoms with Crippen LogP contribution in [0.2, 0.25) is 0 Å². The Bertz CT molecular complexity index is 1610. The van der Waals surface area contributed by atoms with Crippen molar-refractivity contribution < 1.29 is 28.1 Å². The molecule has 5 aromatic rings. The van der Waals surface area contributed by atoms with Crippen LogP contribution in [0.1, 0.15) is 0 Å². The minimum absolute atomic E-state index is 0.0272. The van der Waals surface area contributed by atoms with Crippen LogP contribution in [0.4, 0.5) is 8.78 Å². The maximum Gasteiger partial charge on any atom is 0.295 e. The van der Waals surface area contributed by atoms with E-state index in [9.17, 15) is 5.11 Å². The third-order valence-corrected chi connectivity index (χ3v) is 6.95. The van der Waals surface area contributed by atoms with Crippen molar-refractivity contribution >= 4 is 11.0 Å². The number of H-pyrrole nitrogens is 1. The number of imidazole rings is 1. The molecule has 192 valence electrons. The largest absolute Gasteiger partial charge is 0.456 e. The first-order valence-corrected chi connectivity index (χ1v) is 12.1. The van der Waals surface area contributed by atoms with E-state index in [0.717, 1.165) is 16.8 Å². The maximum atomic E-state index is 15.5. The predicted molar refractivity (Wildman–Crippen MR) is 132 cm³/mol. The highest BCUT2D eigenvalue weighted by Crippen LogP contribution is 2.35. The van der Waals surface area contributed by atoms with E-state index in [1.165, 1.54) is 6.07 Å². The molecule has 4 atom stereocenters. The van der Waals surface area contributed by atoms with Crippen molar-refractivity contribution in [2.24, 2.45) is 0 Å². The smallest absolute Gasteiger partial charge is 0.295 e. The van der Waals surface area contributed by atoms with Crippen LogP contribution in [0.15, 0.2) is 67.0 Å². The van der Waals surface area contributed by atoms with Gasteiger partial charge in [0.2, 0.25) is 0 Å². The molecule has 0 saturated carbocycles. The van der Waals surface area contributed by atoms with Crippen molar-refractivity contribution in [3.8, 4) is 34.0 Å². The number of ether oxygens (including phenoxy) is 3. The SMILES string of the molecule is O[C@@H]1CO[C@H]2[C@@H]1OC[C@H]2Oc1nc2c(F)c(-c3ccc(-c4ccc(-n5ccnn5)cc4)cc3)c(F)cc2[nH]1. The highest BCUT2D eigenvalue weighted by Gasteiger charge is 2.48. The number of hydrogen-bond acceptors (Lipinski definition) is 7. The Morgan fingerprint density at radius 3 is 2.39 bits per heavy atom. The van der Waals surface area contributed by atoms with E-state index in [1.807, 2.05) is 36.4 Å². The van der Waals surface area contributed by atoms with E-state index in [2.05, 4.69) is 20.3 Å². The van der Waals surface area contributed by atoms with Gasteiger partial charge in [-0.2, -0.15) is 4.98 Å². The number of aromatic nitrogens is 5. The summed E-state index contributed by atoms with van der Waals surface area (Å²) in [5, 5.41) is 17.7. The molecular formula is C27H21F2N5O4. The van der Waals surface area contributed by atoms with Gasteiger partial charge in [-0.15, -0.1) is 5.10 Å². The van der Waals surface area contributed by atoms with E-state index in [-0.39, 0.29) is 35.8 Å². The molecule has 7 rings (SSSR count). The molecular weight excluding hydrogens is 496 g/mol. The molecule has 0 unspecified atom stereocenters. The third kappa shape index (κ3) is 3.83. The van der Waals surface area contributed by atoms with Crippen molar-refractivity contribution in [2.75, 3.05) is 13.2 Å². The Morgan fingerprint density at radius 2 is 1.66 bits per heavy atom. The van der Waals surface area contributed by atoms with Crippen LogP contribution < -0.4 is 4.74 Å². The van der Waals surface area contributed by atoms with Crippen LogP contribution in [0, 0.1) is 11.6 Å². The Morgan fingerprint density at radius 1 is 0.947 bits per heavy atom. The molecule has 4 heterocycles. The lowest BCUT2D eigenvalue weighted by Gasteiger charge is -2.15. The summed E-state index contributed by atoms with van der Waals surface area (Å²) in [6.45, 7) is 0.354. The lowest BCUT2D eigenvalue weighted by atomic mass is 9.99. The van der Waals surface area contributed by atoms with Gasteiger partial charge < -0.3 is 24.3 Å². The van der Waals surface area contributed by atoms with Gasteiger partial charge in [-0.25, -0.2) is 13.5 Å². The number of rotatable bonds is 5. The second-order valence-corrected chi connectivity index (χ2v) is 9.28. The van der Waals surface area contributed by atoms with Crippen molar-refractivity contribution in [2.45, 2.75) is 24.4 Å². The third-order valence-electron chi connectivity index (χ3n) is 6.95. The monoisotopic (exact) mass is 517 g/mol. The van der Waals surface area contributed by atoms with Crippen molar-refractivity contribution in [3.63, 3.8) is 0 Å². The van der Waals surface area contributed by atoms with Crippen LogP contribution >= 0.6 is 0 Å². The minimum Gasteiger partial charge on any atom is -0.456 e. The van der Waals surface area contributed by atoms with Crippen molar-refractivity contribution in [1.29, 1.82) is 0 Å². The van der Waals surface area contributed by atoms with Crippen LogP contribution in [0.25, 0.3) is 39.0 Å².